The third kappa shape index (κ3) is 3.43. The average molecular weight is 269 g/mol. The average Bonchev–Trinajstić information content (AvgIpc) is 2.73. The van der Waals surface area contributed by atoms with Gasteiger partial charge in [0.25, 0.3) is 0 Å². The molecule has 1 aromatic carbocycles. The molecule has 1 heterocycles. The van der Waals surface area contributed by atoms with Gasteiger partial charge in [-0.05, 0) is 48.2 Å². The highest BCUT2D eigenvalue weighted by Crippen LogP contribution is 2.20. The second-order valence-electron chi connectivity index (χ2n) is 3.78. The van der Waals surface area contributed by atoms with Gasteiger partial charge in [-0.1, -0.05) is 0 Å². The van der Waals surface area contributed by atoms with E-state index in [0.717, 1.165) is 12.2 Å². The van der Waals surface area contributed by atoms with Crippen molar-refractivity contribution in [2.45, 2.75) is 20.1 Å². The van der Waals surface area contributed by atoms with Crippen molar-refractivity contribution in [2.24, 2.45) is 0 Å². The SMILES string of the molecule is Cc1ccsc1CNc1ccc(OC(F)F)cc1. The molecule has 18 heavy (non-hydrogen) atoms. The molecule has 0 unspecified atom stereocenters. The number of alkyl halides is 2. The molecule has 96 valence electrons. The summed E-state index contributed by atoms with van der Waals surface area (Å²) in [7, 11) is 0. The summed E-state index contributed by atoms with van der Waals surface area (Å²) in [4.78, 5) is 1.27. The van der Waals surface area contributed by atoms with Crippen LogP contribution in [0.3, 0.4) is 0 Å². The fraction of sp³-hybridized carbons (Fsp3) is 0.231. The Hall–Kier alpha value is -1.62. The quantitative estimate of drug-likeness (QED) is 0.875. The predicted octanol–water partition coefficient (Wildman–Crippen LogP) is 4.27. The summed E-state index contributed by atoms with van der Waals surface area (Å²) in [6.45, 7) is 0.0172. The minimum atomic E-state index is -2.78. The first kappa shape index (κ1) is 12.8. The van der Waals surface area contributed by atoms with Crippen LogP contribution >= 0.6 is 11.3 Å². The highest BCUT2D eigenvalue weighted by molar-refractivity contribution is 7.10. The Kier molecular flexibility index (Phi) is 4.15. The van der Waals surface area contributed by atoms with E-state index in [1.807, 2.05) is 5.38 Å². The van der Waals surface area contributed by atoms with E-state index in [1.165, 1.54) is 22.6 Å². The number of hydrogen-bond donors (Lipinski definition) is 1. The maximum Gasteiger partial charge on any atom is 0.387 e. The smallest absolute Gasteiger partial charge is 0.387 e. The van der Waals surface area contributed by atoms with Gasteiger partial charge in [-0.2, -0.15) is 8.78 Å². The van der Waals surface area contributed by atoms with Crippen LogP contribution in [0, 0.1) is 6.92 Å². The number of ether oxygens (including phenoxy) is 1. The van der Waals surface area contributed by atoms with Crippen LogP contribution in [0.25, 0.3) is 0 Å². The number of hydrogen-bond acceptors (Lipinski definition) is 3. The van der Waals surface area contributed by atoms with Gasteiger partial charge in [-0.25, -0.2) is 0 Å². The van der Waals surface area contributed by atoms with E-state index < -0.39 is 6.61 Å². The molecule has 0 aliphatic heterocycles. The standard InChI is InChI=1S/C13H13F2NOS/c1-9-6-7-18-12(9)8-16-10-2-4-11(5-3-10)17-13(14)15/h2-7,13,16H,8H2,1H3. The molecule has 0 aliphatic rings. The van der Waals surface area contributed by atoms with Crippen molar-refractivity contribution >= 4 is 17.0 Å². The van der Waals surface area contributed by atoms with Crippen molar-refractivity contribution in [2.75, 3.05) is 5.32 Å². The Bertz CT molecular complexity index is 496. The maximum atomic E-state index is 12.0. The third-order valence-corrected chi connectivity index (χ3v) is 3.52. The molecule has 5 heteroatoms. The Morgan fingerprint density at radius 2 is 1.94 bits per heavy atom. The molecule has 0 amide bonds. The second kappa shape index (κ2) is 5.82. The topological polar surface area (TPSA) is 21.3 Å². The summed E-state index contributed by atoms with van der Waals surface area (Å²) in [5.74, 6) is 0.169. The van der Waals surface area contributed by atoms with Crippen molar-refractivity contribution in [3.8, 4) is 5.75 Å². The number of benzene rings is 1. The summed E-state index contributed by atoms with van der Waals surface area (Å²) >= 11 is 1.69. The van der Waals surface area contributed by atoms with Crippen LogP contribution in [0.5, 0.6) is 5.75 Å². The molecule has 0 atom stereocenters. The van der Waals surface area contributed by atoms with Gasteiger partial charge in [0.05, 0.1) is 0 Å². The van der Waals surface area contributed by atoms with Gasteiger partial charge in [0.15, 0.2) is 0 Å². The summed E-state index contributed by atoms with van der Waals surface area (Å²) in [6.07, 6.45) is 0. The van der Waals surface area contributed by atoms with E-state index in [1.54, 1.807) is 23.5 Å². The lowest BCUT2D eigenvalue weighted by Gasteiger charge is -2.08. The van der Waals surface area contributed by atoms with Crippen LogP contribution in [0.4, 0.5) is 14.5 Å². The molecule has 2 rings (SSSR count). The molecule has 0 fully saturated rings. The van der Waals surface area contributed by atoms with Gasteiger partial charge in [-0.3, -0.25) is 0 Å². The lowest BCUT2D eigenvalue weighted by Crippen LogP contribution is -2.02. The predicted molar refractivity (Wildman–Crippen MR) is 69.5 cm³/mol. The van der Waals surface area contributed by atoms with Crippen LogP contribution < -0.4 is 10.1 Å². The number of aryl methyl sites for hydroxylation is 1. The zero-order valence-corrected chi connectivity index (χ0v) is 10.6. The molecule has 1 aromatic heterocycles. The Balaban J connectivity index is 1.92. The molecule has 0 aliphatic carbocycles. The number of thiophene rings is 1. The highest BCUT2D eigenvalue weighted by atomic mass is 32.1. The Morgan fingerprint density at radius 3 is 2.50 bits per heavy atom. The molecule has 0 saturated heterocycles. The van der Waals surface area contributed by atoms with Crippen molar-refractivity contribution < 1.29 is 13.5 Å². The fourth-order valence-electron chi connectivity index (χ4n) is 1.52. The Labute approximate surface area is 108 Å². The lowest BCUT2D eigenvalue weighted by atomic mass is 10.2. The first-order valence-corrected chi connectivity index (χ1v) is 6.35. The van der Waals surface area contributed by atoms with Crippen LogP contribution in [0.15, 0.2) is 35.7 Å². The Morgan fingerprint density at radius 1 is 1.22 bits per heavy atom. The molecule has 2 aromatic rings. The number of halogens is 2. The van der Waals surface area contributed by atoms with E-state index in [2.05, 4.69) is 23.0 Å². The summed E-state index contributed by atoms with van der Waals surface area (Å²) in [6, 6.07) is 8.56. The minimum Gasteiger partial charge on any atom is -0.435 e. The number of rotatable bonds is 5. The van der Waals surface area contributed by atoms with Crippen LogP contribution in [-0.4, -0.2) is 6.61 Å². The minimum absolute atomic E-state index is 0.169. The van der Waals surface area contributed by atoms with Crippen molar-refractivity contribution in [1.29, 1.82) is 0 Å². The second-order valence-corrected chi connectivity index (χ2v) is 4.78. The molecular weight excluding hydrogens is 256 g/mol. The molecule has 2 nitrogen and oxygen atoms in total. The first-order chi connectivity index (χ1) is 8.65. The van der Waals surface area contributed by atoms with Crippen LogP contribution in [0.1, 0.15) is 10.4 Å². The van der Waals surface area contributed by atoms with E-state index in [0.29, 0.717) is 0 Å². The largest absolute Gasteiger partial charge is 0.435 e. The molecule has 1 N–H and O–H groups in total. The maximum absolute atomic E-state index is 12.0. The molecular formula is C13H13F2NOS. The molecule has 0 bridgehead atoms. The lowest BCUT2D eigenvalue weighted by molar-refractivity contribution is -0.0498. The van der Waals surface area contributed by atoms with E-state index >= 15 is 0 Å². The summed E-state index contributed by atoms with van der Waals surface area (Å²) in [5.41, 5.74) is 2.13. The van der Waals surface area contributed by atoms with E-state index in [-0.39, 0.29) is 5.75 Å². The van der Waals surface area contributed by atoms with Gasteiger partial charge >= 0.3 is 6.61 Å². The fourth-order valence-corrected chi connectivity index (χ4v) is 2.37. The van der Waals surface area contributed by atoms with Crippen molar-refractivity contribution in [3.63, 3.8) is 0 Å². The molecule has 0 spiro atoms. The van der Waals surface area contributed by atoms with Crippen LogP contribution in [0.2, 0.25) is 0 Å². The van der Waals surface area contributed by atoms with Gasteiger partial charge in [-0.15, -0.1) is 11.3 Å². The number of nitrogens with one attached hydrogen (secondary N) is 1. The normalized spacial score (nSPS) is 10.7. The van der Waals surface area contributed by atoms with E-state index in [9.17, 15) is 8.78 Å². The third-order valence-electron chi connectivity index (χ3n) is 2.50. The van der Waals surface area contributed by atoms with Crippen LogP contribution in [-0.2, 0) is 6.54 Å². The number of anilines is 1. The van der Waals surface area contributed by atoms with E-state index in [4.69, 9.17) is 0 Å². The zero-order valence-electron chi connectivity index (χ0n) is 9.82. The highest BCUT2D eigenvalue weighted by Gasteiger charge is 2.04. The summed E-state index contributed by atoms with van der Waals surface area (Å²) in [5, 5.41) is 5.28. The van der Waals surface area contributed by atoms with Gasteiger partial charge < -0.3 is 10.1 Å². The van der Waals surface area contributed by atoms with Gasteiger partial charge in [0.2, 0.25) is 0 Å². The van der Waals surface area contributed by atoms with Crippen molar-refractivity contribution in [3.05, 3.63) is 46.2 Å². The monoisotopic (exact) mass is 269 g/mol. The first-order valence-electron chi connectivity index (χ1n) is 5.47. The molecule has 0 saturated carbocycles. The summed E-state index contributed by atoms with van der Waals surface area (Å²) < 4.78 is 28.2. The molecule has 0 radical (unpaired) electrons. The van der Waals surface area contributed by atoms with Gasteiger partial charge in [0, 0.05) is 17.1 Å². The van der Waals surface area contributed by atoms with Gasteiger partial charge in [0.1, 0.15) is 5.75 Å². The zero-order chi connectivity index (χ0) is 13.0. The van der Waals surface area contributed by atoms with Crippen molar-refractivity contribution in [1.82, 2.24) is 0 Å².